The number of ether oxygens (including phenoxy) is 3. The van der Waals surface area contributed by atoms with Crippen LogP contribution in [0.25, 0.3) is 0 Å². The molecule has 3 rings (SSSR count). The number of methoxy groups -OCH3 is 1. The van der Waals surface area contributed by atoms with Crippen LogP contribution in [0.15, 0.2) is 18.2 Å². The molecule has 1 N–H and O–H groups in total. The summed E-state index contributed by atoms with van der Waals surface area (Å²) >= 11 is 5.78. The fourth-order valence-corrected chi connectivity index (χ4v) is 4.56. The predicted molar refractivity (Wildman–Crippen MR) is 108 cm³/mol. The first kappa shape index (κ1) is 21.7. The Morgan fingerprint density at radius 2 is 1.90 bits per heavy atom. The summed E-state index contributed by atoms with van der Waals surface area (Å²) in [6, 6.07) is 8.23. The second-order valence-electron chi connectivity index (χ2n) is 8.31. The molecule has 6 nitrogen and oxygen atoms in total. The Morgan fingerprint density at radius 1 is 1.24 bits per heavy atom. The highest BCUT2D eigenvalue weighted by Crippen LogP contribution is 2.46. The average molecular weight is 422 g/mol. The van der Waals surface area contributed by atoms with E-state index in [1.54, 1.807) is 7.11 Å². The SMILES string of the molecule is COc1ccc(C2(C#N)CCC(C)(OC(Cl)C(=O)O)CC2)cc1OC1CCCC1. The van der Waals surface area contributed by atoms with Gasteiger partial charge in [0.2, 0.25) is 5.56 Å². The number of nitrogens with zero attached hydrogens (tertiary/aromatic N) is 1. The molecule has 0 bridgehead atoms. The molecule has 1 unspecified atom stereocenters. The molecule has 0 radical (unpaired) electrons. The minimum atomic E-state index is -1.39. The van der Waals surface area contributed by atoms with E-state index in [4.69, 9.17) is 30.9 Å². The van der Waals surface area contributed by atoms with Crippen molar-refractivity contribution in [3.8, 4) is 17.6 Å². The maximum absolute atomic E-state index is 11.0. The Bertz CT molecular complexity index is 776. The minimum Gasteiger partial charge on any atom is -0.493 e. The number of carboxylic acid groups (broad SMARTS) is 1. The number of hydrogen-bond acceptors (Lipinski definition) is 5. The van der Waals surface area contributed by atoms with Gasteiger partial charge in [-0.25, -0.2) is 4.79 Å². The molecule has 0 saturated heterocycles. The highest BCUT2D eigenvalue weighted by molar-refractivity contribution is 6.28. The van der Waals surface area contributed by atoms with E-state index < -0.39 is 22.5 Å². The van der Waals surface area contributed by atoms with E-state index >= 15 is 0 Å². The molecule has 0 spiro atoms. The number of aliphatic carboxylic acids is 1. The number of hydrogen-bond donors (Lipinski definition) is 1. The Balaban J connectivity index is 1.79. The van der Waals surface area contributed by atoms with Crippen LogP contribution in [-0.2, 0) is 14.9 Å². The normalized spacial score (nSPS) is 28.5. The van der Waals surface area contributed by atoms with Gasteiger partial charge in [0.15, 0.2) is 11.5 Å². The van der Waals surface area contributed by atoms with E-state index in [-0.39, 0.29) is 6.10 Å². The van der Waals surface area contributed by atoms with Gasteiger partial charge in [0.1, 0.15) is 0 Å². The Morgan fingerprint density at radius 3 is 2.45 bits per heavy atom. The van der Waals surface area contributed by atoms with Gasteiger partial charge in [0.05, 0.1) is 30.3 Å². The molecule has 2 fully saturated rings. The smallest absolute Gasteiger partial charge is 0.348 e. The van der Waals surface area contributed by atoms with Gasteiger partial charge in [0, 0.05) is 0 Å². The zero-order chi connectivity index (χ0) is 21.1. The maximum atomic E-state index is 11.0. The van der Waals surface area contributed by atoms with Crippen molar-refractivity contribution in [2.75, 3.05) is 7.11 Å². The molecule has 0 aliphatic heterocycles. The zero-order valence-corrected chi connectivity index (χ0v) is 17.7. The van der Waals surface area contributed by atoms with Crippen molar-refractivity contribution in [1.29, 1.82) is 5.26 Å². The number of rotatable bonds is 7. The Kier molecular flexibility index (Phi) is 6.60. The van der Waals surface area contributed by atoms with Gasteiger partial charge in [-0.1, -0.05) is 17.7 Å². The standard InChI is InChI=1S/C22H28ClNO5/c1-21(29-19(23)20(25)26)9-11-22(14-24,12-10-21)15-7-8-17(27-2)18(13-15)28-16-5-3-4-6-16/h7-8,13,16,19H,3-6,9-12H2,1-2H3,(H,25,26). The third-order valence-electron chi connectivity index (χ3n) is 6.27. The van der Waals surface area contributed by atoms with Gasteiger partial charge in [-0.2, -0.15) is 5.26 Å². The van der Waals surface area contributed by atoms with Gasteiger partial charge < -0.3 is 19.3 Å². The lowest BCUT2D eigenvalue weighted by molar-refractivity contribution is -0.156. The van der Waals surface area contributed by atoms with Crippen LogP contribution < -0.4 is 9.47 Å². The summed E-state index contributed by atoms with van der Waals surface area (Å²) in [5.74, 6) is 0.154. The Hall–Kier alpha value is -1.97. The maximum Gasteiger partial charge on any atom is 0.348 e. The number of carboxylic acids is 1. The molecule has 0 aromatic heterocycles. The largest absolute Gasteiger partial charge is 0.493 e. The van der Waals surface area contributed by atoms with E-state index in [0.717, 1.165) is 18.4 Å². The van der Waals surface area contributed by atoms with E-state index in [2.05, 4.69) is 6.07 Å². The third kappa shape index (κ3) is 4.79. The summed E-state index contributed by atoms with van der Waals surface area (Å²) < 4.78 is 17.2. The fraction of sp³-hybridized carbons (Fsp3) is 0.636. The molecule has 1 aromatic carbocycles. The molecule has 2 aliphatic rings. The highest BCUT2D eigenvalue weighted by atomic mass is 35.5. The van der Waals surface area contributed by atoms with Crippen LogP contribution in [-0.4, -0.2) is 35.5 Å². The monoisotopic (exact) mass is 421 g/mol. The van der Waals surface area contributed by atoms with Crippen molar-refractivity contribution in [2.24, 2.45) is 0 Å². The molecule has 0 amide bonds. The van der Waals surface area contributed by atoms with Crippen LogP contribution in [0.4, 0.5) is 0 Å². The molecule has 29 heavy (non-hydrogen) atoms. The number of benzene rings is 1. The minimum absolute atomic E-state index is 0.192. The summed E-state index contributed by atoms with van der Waals surface area (Å²) in [6.07, 6.45) is 6.81. The van der Waals surface area contributed by atoms with E-state index in [1.807, 2.05) is 25.1 Å². The van der Waals surface area contributed by atoms with Gasteiger partial charge in [-0.15, -0.1) is 0 Å². The number of carbonyl (C=O) groups is 1. The topological polar surface area (TPSA) is 88.8 Å². The van der Waals surface area contributed by atoms with Crippen LogP contribution >= 0.6 is 11.6 Å². The third-order valence-corrected chi connectivity index (χ3v) is 6.55. The summed E-state index contributed by atoms with van der Waals surface area (Å²) in [7, 11) is 1.62. The molecule has 158 valence electrons. The van der Waals surface area contributed by atoms with Gasteiger partial charge in [-0.05, 0) is 76.0 Å². The molecule has 1 atom stereocenters. The molecular weight excluding hydrogens is 394 g/mol. The van der Waals surface area contributed by atoms with Crippen molar-refractivity contribution < 1.29 is 24.1 Å². The van der Waals surface area contributed by atoms with Crippen LogP contribution in [0.3, 0.4) is 0 Å². The fourth-order valence-electron chi connectivity index (χ4n) is 4.34. The van der Waals surface area contributed by atoms with E-state index in [1.165, 1.54) is 12.8 Å². The lowest BCUT2D eigenvalue weighted by atomic mass is 9.66. The van der Waals surface area contributed by atoms with Crippen molar-refractivity contribution in [1.82, 2.24) is 0 Å². The molecule has 7 heteroatoms. The second kappa shape index (κ2) is 8.81. The number of halogens is 1. The molecule has 1 aromatic rings. The summed E-state index contributed by atoms with van der Waals surface area (Å²) in [4.78, 5) is 11.0. The zero-order valence-electron chi connectivity index (χ0n) is 16.9. The highest BCUT2D eigenvalue weighted by Gasteiger charge is 2.44. The van der Waals surface area contributed by atoms with Crippen molar-refractivity contribution in [3.63, 3.8) is 0 Å². The molecular formula is C22H28ClNO5. The average Bonchev–Trinajstić information content (AvgIpc) is 3.22. The van der Waals surface area contributed by atoms with Crippen LogP contribution in [0.1, 0.15) is 63.9 Å². The molecule has 0 heterocycles. The van der Waals surface area contributed by atoms with Gasteiger partial charge in [-0.3, -0.25) is 0 Å². The second-order valence-corrected chi connectivity index (χ2v) is 8.70. The number of alkyl halides is 1. The first-order chi connectivity index (χ1) is 13.8. The summed E-state index contributed by atoms with van der Waals surface area (Å²) in [6.45, 7) is 1.86. The Labute approximate surface area is 176 Å². The lowest BCUT2D eigenvalue weighted by Crippen LogP contribution is -2.43. The van der Waals surface area contributed by atoms with Crippen molar-refractivity contribution in [3.05, 3.63) is 23.8 Å². The predicted octanol–water partition coefficient (Wildman–Crippen LogP) is 4.78. The van der Waals surface area contributed by atoms with Crippen LogP contribution in [0, 0.1) is 11.3 Å². The van der Waals surface area contributed by atoms with Crippen LogP contribution in [0.5, 0.6) is 11.5 Å². The van der Waals surface area contributed by atoms with Crippen molar-refractivity contribution >= 4 is 17.6 Å². The van der Waals surface area contributed by atoms with E-state index in [0.29, 0.717) is 37.2 Å². The first-order valence-electron chi connectivity index (χ1n) is 10.1. The van der Waals surface area contributed by atoms with Crippen LogP contribution in [0.2, 0.25) is 0 Å². The number of nitriles is 1. The lowest BCUT2D eigenvalue weighted by Gasteiger charge is -2.42. The quantitative estimate of drug-likeness (QED) is 0.637. The van der Waals surface area contributed by atoms with Crippen molar-refractivity contribution in [2.45, 2.75) is 81.0 Å². The van der Waals surface area contributed by atoms with Gasteiger partial charge in [0.25, 0.3) is 0 Å². The summed E-state index contributed by atoms with van der Waals surface area (Å²) in [5, 5.41) is 19.1. The first-order valence-corrected chi connectivity index (χ1v) is 10.6. The summed E-state index contributed by atoms with van der Waals surface area (Å²) in [5.41, 5.74) is -1.83. The molecule has 2 aliphatic carbocycles. The van der Waals surface area contributed by atoms with Gasteiger partial charge >= 0.3 is 5.97 Å². The molecule has 2 saturated carbocycles. The van der Waals surface area contributed by atoms with E-state index in [9.17, 15) is 10.1 Å².